The van der Waals surface area contributed by atoms with E-state index in [1.165, 1.54) is 40.9 Å². The summed E-state index contributed by atoms with van der Waals surface area (Å²) in [4.78, 5) is 43.6. The van der Waals surface area contributed by atoms with Crippen molar-refractivity contribution in [1.82, 2.24) is 9.55 Å². The molecule has 0 saturated carbocycles. The van der Waals surface area contributed by atoms with Crippen molar-refractivity contribution < 1.29 is 9.72 Å². The molecule has 1 amide bonds. The number of benzene rings is 2. The first-order chi connectivity index (χ1) is 16.8. The zero-order valence-electron chi connectivity index (χ0n) is 19.2. The Bertz CT molecular complexity index is 1540. The van der Waals surface area contributed by atoms with E-state index < -0.39 is 4.92 Å². The van der Waals surface area contributed by atoms with Gasteiger partial charge in [-0.2, -0.15) is 0 Å². The van der Waals surface area contributed by atoms with Crippen molar-refractivity contribution in [3.63, 3.8) is 0 Å². The highest BCUT2D eigenvalue weighted by Crippen LogP contribution is 2.36. The number of hydrogen-bond donors (Lipinski definition) is 1. The molecule has 0 bridgehead atoms. The highest BCUT2D eigenvalue weighted by molar-refractivity contribution is 7.99. The van der Waals surface area contributed by atoms with E-state index in [4.69, 9.17) is 4.98 Å². The fraction of sp³-hybridized carbons (Fsp3) is 0.240. The molecule has 35 heavy (non-hydrogen) atoms. The van der Waals surface area contributed by atoms with Gasteiger partial charge in [0, 0.05) is 22.7 Å². The van der Waals surface area contributed by atoms with Crippen molar-refractivity contribution in [2.75, 3.05) is 11.1 Å². The van der Waals surface area contributed by atoms with E-state index in [0.29, 0.717) is 16.2 Å². The number of nitro benzene ring substituents is 1. The number of amides is 1. The molecule has 8 nitrogen and oxygen atoms in total. The van der Waals surface area contributed by atoms with Crippen LogP contribution >= 0.6 is 23.1 Å². The molecule has 0 saturated heterocycles. The number of carbonyl (C=O) groups excluding carboxylic acids is 1. The smallest absolute Gasteiger partial charge is 0.269 e. The Kier molecular flexibility index (Phi) is 6.16. The van der Waals surface area contributed by atoms with Crippen molar-refractivity contribution in [2.45, 2.75) is 38.3 Å². The fourth-order valence-corrected chi connectivity index (χ4v) is 6.40. The molecule has 4 aromatic rings. The molecule has 1 N–H and O–H groups in total. The number of rotatable bonds is 6. The van der Waals surface area contributed by atoms with Crippen LogP contribution in [0.3, 0.4) is 0 Å². The monoisotopic (exact) mass is 506 g/mol. The molecule has 2 aromatic carbocycles. The first-order valence-electron chi connectivity index (χ1n) is 11.1. The Morgan fingerprint density at radius 1 is 1.20 bits per heavy atom. The molecule has 2 heterocycles. The van der Waals surface area contributed by atoms with Crippen LogP contribution in [-0.2, 0) is 17.6 Å². The van der Waals surface area contributed by atoms with Crippen LogP contribution in [0.5, 0.6) is 0 Å². The maximum atomic E-state index is 13.8. The summed E-state index contributed by atoms with van der Waals surface area (Å²) in [5, 5.41) is 14.7. The number of carbonyl (C=O) groups is 1. The molecule has 2 aromatic heterocycles. The van der Waals surface area contributed by atoms with E-state index in [-0.39, 0.29) is 22.9 Å². The number of aryl methyl sites for hydroxylation is 4. The molecule has 0 atom stereocenters. The maximum Gasteiger partial charge on any atom is 0.269 e. The Morgan fingerprint density at radius 2 is 1.97 bits per heavy atom. The molecular formula is C25H22N4O4S2. The van der Waals surface area contributed by atoms with Gasteiger partial charge in [0.05, 0.1) is 21.7 Å². The van der Waals surface area contributed by atoms with Gasteiger partial charge in [0.25, 0.3) is 11.2 Å². The lowest BCUT2D eigenvalue weighted by Gasteiger charge is -2.15. The van der Waals surface area contributed by atoms with Crippen LogP contribution in [0.4, 0.5) is 11.4 Å². The van der Waals surface area contributed by atoms with Gasteiger partial charge in [0.1, 0.15) is 4.83 Å². The van der Waals surface area contributed by atoms with Crippen LogP contribution < -0.4 is 10.9 Å². The fourth-order valence-electron chi connectivity index (χ4n) is 4.29. The summed E-state index contributed by atoms with van der Waals surface area (Å²) < 4.78 is 1.64. The van der Waals surface area contributed by atoms with Gasteiger partial charge in [-0.15, -0.1) is 11.3 Å². The van der Waals surface area contributed by atoms with E-state index in [1.807, 2.05) is 32.0 Å². The van der Waals surface area contributed by atoms with E-state index in [0.717, 1.165) is 46.5 Å². The summed E-state index contributed by atoms with van der Waals surface area (Å²) in [6.07, 6.45) is 2.92. The second kappa shape index (κ2) is 9.27. The Hall–Kier alpha value is -3.50. The van der Waals surface area contributed by atoms with Crippen LogP contribution in [0.1, 0.15) is 28.0 Å². The third-order valence-corrected chi connectivity index (χ3v) is 8.13. The second-order valence-electron chi connectivity index (χ2n) is 8.50. The summed E-state index contributed by atoms with van der Waals surface area (Å²) in [6, 6.07) is 11.6. The average Bonchev–Trinajstić information content (AvgIpc) is 3.41. The van der Waals surface area contributed by atoms with E-state index in [1.54, 1.807) is 15.9 Å². The number of aromatic nitrogens is 2. The predicted molar refractivity (Wildman–Crippen MR) is 139 cm³/mol. The second-order valence-corrected chi connectivity index (χ2v) is 10.5. The van der Waals surface area contributed by atoms with Crippen LogP contribution in [-0.4, -0.2) is 26.1 Å². The topological polar surface area (TPSA) is 107 Å². The minimum Gasteiger partial charge on any atom is -0.325 e. The first-order valence-corrected chi connectivity index (χ1v) is 12.9. The molecule has 10 heteroatoms. The van der Waals surface area contributed by atoms with E-state index >= 15 is 0 Å². The van der Waals surface area contributed by atoms with Crippen molar-refractivity contribution >= 4 is 50.6 Å². The quantitative estimate of drug-likeness (QED) is 0.167. The van der Waals surface area contributed by atoms with Crippen LogP contribution in [0, 0.1) is 24.0 Å². The third kappa shape index (κ3) is 4.46. The van der Waals surface area contributed by atoms with Gasteiger partial charge >= 0.3 is 0 Å². The number of non-ortho nitro benzene ring substituents is 1. The van der Waals surface area contributed by atoms with Crippen molar-refractivity contribution in [3.05, 3.63) is 84.5 Å². The number of hydrogen-bond acceptors (Lipinski definition) is 7. The molecule has 0 unspecified atom stereocenters. The number of anilines is 1. The molecule has 0 aliphatic heterocycles. The van der Waals surface area contributed by atoms with Crippen molar-refractivity contribution in [2.24, 2.45) is 0 Å². The van der Waals surface area contributed by atoms with Gasteiger partial charge in [0.15, 0.2) is 5.16 Å². The molecule has 1 aliphatic carbocycles. The summed E-state index contributed by atoms with van der Waals surface area (Å²) in [6.45, 7) is 3.94. The molecule has 0 spiro atoms. The summed E-state index contributed by atoms with van der Waals surface area (Å²) in [5.41, 5.74) is 4.18. The zero-order chi connectivity index (χ0) is 24.7. The molecule has 1 aliphatic rings. The largest absolute Gasteiger partial charge is 0.325 e. The molecule has 5 rings (SSSR count). The van der Waals surface area contributed by atoms with Gasteiger partial charge in [0.2, 0.25) is 5.91 Å². The number of fused-ring (bicyclic) bond motifs is 3. The number of nitrogens with zero attached hydrogens (tertiary/aromatic N) is 3. The number of thiophene rings is 1. The van der Waals surface area contributed by atoms with Crippen molar-refractivity contribution in [1.29, 1.82) is 0 Å². The van der Waals surface area contributed by atoms with Gasteiger partial charge in [-0.05, 0) is 68.0 Å². The average molecular weight is 507 g/mol. The van der Waals surface area contributed by atoms with Crippen molar-refractivity contribution in [3.8, 4) is 5.69 Å². The lowest BCUT2D eigenvalue weighted by Crippen LogP contribution is -2.23. The Labute approximate surface area is 209 Å². The lowest BCUT2D eigenvalue weighted by atomic mass is 10.1. The number of nitro groups is 1. The summed E-state index contributed by atoms with van der Waals surface area (Å²) in [5.74, 6) is -0.260. The standard InChI is InChI=1S/C25H22N4O4S2/c1-14-6-7-15(2)19(12-14)28-24(31)22-18-4-3-5-20(18)35-23(22)27-25(28)34-13-21(30)26-16-8-10-17(11-9-16)29(32)33/h6-12H,3-5,13H2,1-2H3,(H,26,30). The highest BCUT2D eigenvalue weighted by Gasteiger charge is 2.24. The van der Waals surface area contributed by atoms with Gasteiger partial charge < -0.3 is 5.32 Å². The first kappa shape index (κ1) is 23.3. The summed E-state index contributed by atoms with van der Waals surface area (Å²) >= 11 is 2.77. The van der Waals surface area contributed by atoms with Gasteiger partial charge in [-0.3, -0.25) is 24.3 Å². The number of thioether (sulfide) groups is 1. The highest BCUT2D eigenvalue weighted by atomic mass is 32.2. The molecular weight excluding hydrogens is 484 g/mol. The normalized spacial score (nSPS) is 12.6. The predicted octanol–water partition coefficient (Wildman–Crippen LogP) is 5.19. The SMILES string of the molecule is Cc1ccc(C)c(-n2c(SCC(=O)Nc3ccc([N+](=O)[O-])cc3)nc3sc4c(c3c2=O)CCC4)c1. The van der Waals surface area contributed by atoms with E-state index in [9.17, 15) is 19.7 Å². The zero-order valence-corrected chi connectivity index (χ0v) is 20.8. The number of nitrogens with one attached hydrogen (secondary N) is 1. The maximum absolute atomic E-state index is 13.8. The molecule has 178 valence electrons. The Morgan fingerprint density at radius 3 is 2.71 bits per heavy atom. The third-order valence-electron chi connectivity index (χ3n) is 6.01. The minimum absolute atomic E-state index is 0.0326. The van der Waals surface area contributed by atoms with Gasteiger partial charge in [-0.25, -0.2) is 4.98 Å². The Balaban J connectivity index is 1.49. The van der Waals surface area contributed by atoms with E-state index in [2.05, 4.69) is 5.32 Å². The summed E-state index contributed by atoms with van der Waals surface area (Å²) in [7, 11) is 0. The molecule has 0 fully saturated rings. The minimum atomic E-state index is -0.490. The molecule has 0 radical (unpaired) electrons. The lowest BCUT2D eigenvalue weighted by molar-refractivity contribution is -0.384. The van der Waals surface area contributed by atoms with Crippen LogP contribution in [0.15, 0.2) is 52.4 Å². The van der Waals surface area contributed by atoms with Crippen LogP contribution in [0.2, 0.25) is 0 Å². The van der Waals surface area contributed by atoms with Gasteiger partial charge in [-0.1, -0.05) is 23.9 Å². The van der Waals surface area contributed by atoms with Crippen LogP contribution in [0.25, 0.3) is 15.9 Å².